The van der Waals surface area contributed by atoms with Gasteiger partial charge in [-0.2, -0.15) is 15.0 Å². The monoisotopic (exact) mass is 471 g/mol. The van der Waals surface area contributed by atoms with Crippen LogP contribution in [0.25, 0.3) is 0 Å². The molecule has 0 radical (unpaired) electrons. The molecule has 4 aliphatic carbocycles. The Bertz CT molecular complexity index is 983. The van der Waals surface area contributed by atoms with E-state index >= 15 is 0 Å². The Morgan fingerprint density at radius 2 is 1.93 bits per heavy atom. The van der Waals surface area contributed by atoms with Gasteiger partial charge in [0.25, 0.3) is 0 Å². The number of nitrogen functional groups attached to an aromatic ring is 1. The maximum absolute atomic E-state index is 13.2. The van der Waals surface area contributed by atoms with Gasteiger partial charge in [-0.3, -0.25) is 4.79 Å². The van der Waals surface area contributed by atoms with Crippen LogP contribution in [-0.4, -0.2) is 25.2 Å². The Kier molecular flexibility index (Phi) is 4.72. The highest BCUT2D eigenvalue weighted by molar-refractivity contribution is 9.10. The molecule has 0 amide bonds. The summed E-state index contributed by atoms with van der Waals surface area (Å²) in [5.41, 5.74) is 7.46. The number of carbonyl (C=O) groups is 1. The number of rotatable bonds is 5. The molecule has 2 atom stereocenters. The summed E-state index contributed by atoms with van der Waals surface area (Å²) in [6, 6.07) is 7.84. The largest absolute Gasteiger partial charge is 0.457 e. The molecule has 8 heteroatoms. The van der Waals surface area contributed by atoms with Crippen LogP contribution in [0, 0.1) is 24.2 Å². The lowest BCUT2D eigenvalue weighted by Gasteiger charge is -2.58. The number of ether oxygens (including phenoxy) is 1. The number of benzene rings is 1. The zero-order valence-corrected chi connectivity index (χ0v) is 18.6. The quantitative estimate of drug-likeness (QED) is 0.495. The van der Waals surface area contributed by atoms with E-state index in [0.717, 1.165) is 30.5 Å². The Hall–Kier alpha value is -2.22. The van der Waals surface area contributed by atoms with Gasteiger partial charge in [0.2, 0.25) is 11.9 Å². The Labute approximate surface area is 184 Å². The van der Waals surface area contributed by atoms with Crippen LogP contribution in [0.4, 0.5) is 17.6 Å². The summed E-state index contributed by atoms with van der Waals surface area (Å²) >= 11 is 3.95. The first-order valence-corrected chi connectivity index (χ1v) is 11.3. The number of carbonyl (C=O) groups excluding carboxylic acids is 1. The number of anilines is 3. The lowest BCUT2D eigenvalue weighted by atomic mass is 9.49. The summed E-state index contributed by atoms with van der Waals surface area (Å²) < 4.78 is 5.86. The van der Waals surface area contributed by atoms with Crippen molar-refractivity contribution in [3.05, 3.63) is 35.7 Å². The van der Waals surface area contributed by atoms with Crippen molar-refractivity contribution in [1.29, 1.82) is 0 Å². The van der Waals surface area contributed by atoms with Gasteiger partial charge in [0.1, 0.15) is 0 Å². The number of hydrogen-bond acceptors (Lipinski definition) is 7. The highest BCUT2D eigenvalue weighted by atomic mass is 79.9. The van der Waals surface area contributed by atoms with Crippen LogP contribution < -0.4 is 11.1 Å². The molecule has 30 heavy (non-hydrogen) atoms. The lowest BCUT2D eigenvalue weighted by Crippen LogP contribution is -2.56. The van der Waals surface area contributed by atoms with Gasteiger partial charge in [0.05, 0.1) is 5.41 Å². The van der Waals surface area contributed by atoms with Crippen LogP contribution in [-0.2, 0) is 16.1 Å². The van der Waals surface area contributed by atoms with Gasteiger partial charge in [0, 0.05) is 10.0 Å². The average molecular weight is 472 g/mol. The third kappa shape index (κ3) is 3.66. The molecular weight excluding hydrogens is 446 g/mol. The second kappa shape index (κ2) is 7.18. The number of nitrogens with one attached hydrogen (secondary N) is 1. The molecule has 4 saturated carbocycles. The summed E-state index contributed by atoms with van der Waals surface area (Å²) in [6.45, 7) is 2.00. The van der Waals surface area contributed by atoms with Gasteiger partial charge in [-0.1, -0.05) is 34.1 Å². The number of halogens is 1. The normalized spacial score (nSPS) is 31.5. The van der Waals surface area contributed by atoms with Crippen molar-refractivity contribution in [2.75, 3.05) is 11.1 Å². The predicted octanol–water partition coefficient (Wildman–Crippen LogP) is 4.28. The number of para-hydroxylation sites is 1. The van der Waals surface area contributed by atoms with Crippen molar-refractivity contribution in [3.8, 4) is 0 Å². The van der Waals surface area contributed by atoms with E-state index in [0.29, 0.717) is 23.6 Å². The van der Waals surface area contributed by atoms with E-state index in [1.807, 2.05) is 31.2 Å². The van der Waals surface area contributed by atoms with E-state index in [2.05, 4.69) is 36.2 Å². The minimum Gasteiger partial charge on any atom is -0.457 e. The number of esters is 1. The first-order valence-electron chi connectivity index (χ1n) is 10.5. The zero-order valence-electron chi connectivity index (χ0n) is 17.0. The van der Waals surface area contributed by atoms with Crippen molar-refractivity contribution < 1.29 is 9.53 Å². The van der Waals surface area contributed by atoms with Gasteiger partial charge in [-0.25, -0.2) is 0 Å². The Morgan fingerprint density at radius 3 is 2.63 bits per heavy atom. The number of hydrogen-bond donors (Lipinski definition) is 2. The fourth-order valence-corrected chi connectivity index (χ4v) is 7.52. The van der Waals surface area contributed by atoms with Crippen molar-refractivity contribution in [2.45, 2.75) is 56.4 Å². The van der Waals surface area contributed by atoms with Gasteiger partial charge < -0.3 is 15.8 Å². The molecule has 1 aromatic heterocycles. The van der Waals surface area contributed by atoms with E-state index in [9.17, 15) is 4.79 Å². The molecule has 2 unspecified atom stereocenters. The van der Waals surface area contributed by atoms with Crippen molar-refractivity contribution in [2.24, 2.45) is 17.3 Å². The smallest absolute Gasteiger partial charge is 0.312 e. The van der Waals surface area contributed by atoms with Crippen LogP contribution in [0.1, 0.15) is 49.9 Å². The van der Waals surface area contributed by atoms with Crippen LogP contribution >= 0.6 is 15.9 Å². The Balaban J connectivity index is 1.29. The zero-order chi connectivity index (χ0) is 20.9. The molecule has 7 nitrogen and oxygen atoms in total. The predicted molar refractivity (Wildman–Crippen MR) is 117 cm³/mol. The van der Waals surface area contributed by atoms with Gasteiger partial charge in [0.15, 0.2) is 12.4 Å². The van der Waals surface area contributed by atoms with Crippen LogP contribution in [0.3, 0.4) is 0 Å². The highest BCUT2D eigenvalue weighted by Crippen LogP contribution is 2.64. The highest BCUT2D eigenvalue weighted by Gasteiger charge is 2.60. The van der Waals surface area contributed by atoms with E-state index < -0.39 is 0 Å². The third-order valence-electron chi connectivity index (χ3n) is 6.85. The van der Waals surface area contributed by atoms with E-state index in [1.165, 1.54) is 19.3 Å². The van der Waals surface area contributed by atoms with Crippen molar-refractivity contribution in [1.82, 2.24) is 15.0 Å². The number of nitrogens with two attached hydrogens (primary N) is 1. The molecule has 2 aromatic rings. The van der Waals surface area contributed by atoms with Crippen molar-refractivity contribution in [3.63, 3.8) is 0 Å². The van der Waals surface area contributed by atoms with Crippen LogP contribution in [0.5, 0.6) is 0 Å². The second-order valence-electron chi connectivity index (χ2n) is 9.34. The summed E-state index contributed by atoms with van der Waals surface area (Å²) in [4.78, 5) is 25.9. The molecular formula is C22H26BrN5O2. The molecule has 1 heterocycles. The summed E-state index contributed by atoms with van der Waals surface area (Å²) in [6.07, 6.45) is 6.35. The van der Waals surface area contributed by atoms with Gasteiger partial charge in [-0.15, -0.1) is 0 Å². The maximum atomic E-state index is 13.2. The topological polar surface area (TPSA) is 103 Å². The van der Waals surface area contributed by atoms with E-state index in [1.54, 1.807) is 0 Å². The maximum Gasteiger partial charge on any atom is 0.312 e. The lowest BCUT2D eigenvalue weighted by molar-refractivity contribution is -0.171. The van der Waals surface area contributed by atoms with Crippen LogP contribution in [0.15, 0.2) is 24.3 Å². The number of nitrogens with zero attached hydrogens (tertiary/aromatic N) is 3. The van der Waals surface area contributed by atoms with Gasteiger partial charge in [-0.05, 0) is 68.9 Å². The third-order valence-corrected chi connectivity index (χ3v) is 7.77. The molecule has 3 N–H and O–H groups in total. The second-order valence-corrected chi connectivity index (χ2v) is 11.0. The fraction of sp³-hybridized carbons (Fsp3) is 0.545. The van der Waals surface area contributed by atoms with Crippen LogP contribution in [0.2, 0.25) is 0 Å². The molecule has 6 rings (SSSR count). The van der Waals surface area contributed by atoms with Gasteiger partial charge >= 0.3 is 5.97 Å². The first-order chi connectivity index (χ1) is 14.3. The van der Waals surface area contributed by atoms with Crippen molar-refractivity contribution >= 4 is 39.5 Å². The molecule has 0 spiro atoms. The first kappa shape index (κ1) is 19.7. The number of aryl methyl sites for hydroxylation is 1. The molecule has 1 aromatic carbocycles. The standard InChI is InChI=1S/C22H26BrN5O2/c1-13-4-2-3-5-16(13)25-20-27-17(26-19(24)28-20)11-30-18(29)21-7-14-6-15(8-21)10-22(23,9-14)12-21/h2-5,14-15H,6-12H2,1H3,(H3,24,25,26,27,28). The average Bonchev–Trinajstić information content (AvgIpc) is 2.65. The molecule has 4 fully saturated rings. The SMILES string of the molecule is Cc1ccccc1Nc1nc(N)nc(COC(=O)C23CC4CC(CC(Br)(C4)C2)C3)n1. The Morgan fingerprint density at radius 1 is 1.20 bits per heavy atom. The summed E-state index contributed by atoms with van der Waals surface area (Å²) in [5, 5.41) is 3.17. The minimum absolute atomic E-state index is 0.000371. The molecule has 4 aliphatic rings. The molecule has 0 saturated heterocycles. The van der Waals surface area contributed by atoms with E-state index in [4.69, 9.17) is 10.5 Å². The summed E-state index contributed by atoms with van der Waals surface area (Å²) in [7, 11) is 0. The number of aromatic nitrogens is 3. The molecule has 158 valence electrons. The molecule has 0 aliphatic heterocycles. The van der Waals surface area contributed by atoms with E-state index in [-0.39, 0.29) is 28.3 Å². The number of alkyl halides is 1. The minimum atomic E-state index is -0.367. The summed E-state index contributed by atoms with van der Waals surface area (Å²) in [5.74, 6) is 1.92. The fourth-order valence-electron chi connectivity index (χ4n) is 6.06. The molecule has 4 bridgehead atoms.